The van der Waals surface area contributed by atoms with E-state index in [-0.39, 0.29) is 0 Å². The van der Waals surface area contributed by atoms with Crippen molar-refractivity contribution in [3.05, 3.63) is 17.5 Å². The minimum absolute atomic E-state index is 0.681. The van der Waals surface area contributed by atoms with E-state index < -0.39 is 0 Å². The molecule has 0 amide bonds. The molecule has 94 valence electrons. The third kappa shape index (κ3) is 4.62. The fourth-order valence-corrected chi connectivity index (χ4v) is 1.71. The second kappa shape index (κ2) is 7.13. The minimum Gasteiger partial charge on any atom is -0.312 e. The molecule has 0 aliphatic rings. The van der Waals surface area contributed by atoms with Gasteiger partial charge in [-0.25, -0.2) is 0 Å². The molecule has 17 heavy (non-hydrogen) atoms. The Bertz CT molecular complexity index is 371. The summed E-state index contributed by atoms with van der Waals surface area (Å²) in [5.41, 5.74) is 2.53. The highest BCUT2D eigenvalue weighted by atomic mass is 15.3. The molecule has 1 aromatic heterocycles. The summed E-state index contributed by atoms with van der Waals surface area (Å²) < 4.78 is 2.05. The van der Waals surface area contributed by atoms with Crippen molar-refractivity contribution in [3.63, 3.8) is 0 Å². The Morgan fingerprint density at radius 1 is 1.53 bits per heavy atom. The Hall–Kier alpha value is -1.27. The zero-order chi connectivity index (χ0) is 12.7. The van der Waals surface area contributed by atoms with Gasteiger partial charge in [0, 0.05) is 30.8 Å². The molecule has 3 heteroatoms. The lowest BCUT2D eigenvalue weighted by atomic mass is 10.2. The van der Waals surface area contributed by atoms with Crippen LogP contribution >= 0.6 is 0 Å². The monoisotopic (exact) mass is 233 g/mol. The smallest absolute Gasteiger partial charge is 0.0537 e. The normalized spacial score (nSPS) is 10.8. The molecule has 3 nitrogen and oxygen atoms in total. The van der Waals surface area contributed by atoms with Crippen LogP contribution in [0.3, 0.4) is 0 Å². The van der Waals surface area contributed by atoms with Crippen molar-refractivity contribution in [2.45, 2.75) is 46.7 Å². The molecular weight excluding hydrogens is 210 g/mol. The summed E-state index contributed by atoms with van der Waals surface area (Å²) in [6.07, 6.45) is 9.01. The van der Waals surface area contributed by atoms with Crippen LogP contribution in [0, 0.1) is 25.2 Å². The number of hydrogen-bond donors (Lipinski definition) is 1. The lowest BCUT2D eigenvalue weighted by Crippen LogP contribution is -2.19. The summed E-state index contributed by atoms with van der Waals surface area (Å²) in [6, 6.07) is 0. The summed E-state index contributed by atoms with van der Waals surface area (Å²) in [6.45, 7) is 9.41. The van der Waals surface area contributed by atoms with Gasteiger partial charge in [0.05, 0.1) is 6.20 Å². The van der Waals surface area contributed by atoms with Crippen LogP contribution in [-0.2, 0) is 13.1 Å². The first kappa shape index (κ1) is 13.8. The van der Waals surface area contributed by atoms with Crippen LogP contribution in [0.5, 0.6) is 0 Å². The van der Waals surface area contributed by atoms with Gasteiger partial charge in [-0.15, -0.1) is 12.3 Å². The number of terminal acetylenes is 1. The van der Waals surface area contributed by atoms with Crippen LogP contribution < -0.4 is 5.32 Å². The quantitative estimate of drug-likeness (QED) is 0.579. The standard InChI is InChI=1S/C14H23N3/c1-5-6-7-8-17-13(4)14(11-16-17)10-15-9-12(2)3/h1,11-12,15H,6-10H2,2-4H3. The number of hydrogen-bond acceptors (Lipinski definition) is 2. The number of rotatable bonds is 7. The maximum atomic E-state index is 5.24. The second-order valence-corrected chi connectivity index (χ2v) is 4.81. The molecule has 0 fully saturated rings. The number of aryl methyl sites for hydroxylation is 1. The van der Waals surface area contributed by atoms with E-state index in [1.165, 1.54) is 11.3 Å². The summed E-state index contributed by atoms with van der Waals surface area (Å²) in [5.74, 6) is 3.34. The summed E-state index contributed by atoms with van der Waals surface area (Å²) in [4.78, 5) is 0. The van der Waals surface area contributed by atoms with E-state index >= 15 is 0 Å². The Morgan fingerprint density at radius 3 is 2.94 bits per heavy atom. The van der Waals surface area contributed by atoms with Crippen LogP contribution in [0.25, 0.3) is 0 Å². The van der Waals surface area contributed by atoms with Crippen LogP contribution in [0.1, 0.15) is 37.9 Å². The molecule has 0 saturated heterocycles. The lowest BCUT2D eigenvalue weighted by Gasteiger charge is -2.07. The topological polar surface area (TPSA) is 29.9 Å². The molecule has 1 N–H and O–H groups in total. The fourth-order valence-electron chi connectivity index (χ4n) is 1.71. The maximum absolute atomic E-state index is 5.24. The van der Waals surface area contributed by atoms with Crippen LogP contribution in [0.15, 0.2) is 6.20 Å². The van der Waals surface area contributed by atoms with Gasteiger partial charge in [0.15, 0.2) is 0 Å². The average Bonchev–Trinajstić information content (AvgIpc) is 2.61. The molecule has 0 bridgehead atoms. The minimum atomic E-state index is 0.681. The summed E-state index contributed by atoms with van der Waals surface area (Å²) in [7, 11) is 0. The molecule has 0 unspecified atom stereocenters. The van der Waals surface area contributed by atoms with Gasteiger partial charge in [-0.2, -0.15) is 5.10 Å². The van der Waals surface area contributed by atoms with E-state index in [0.717, 1.165) is 32.5 Å². The van der Waals surface area contributed by atoms with Crippen molar-refractivity contribution in [2.75, 3.05) is 6.54 Å². The van der Waals surface area contributed by atoms with E-state index in [2.05, 4.69) is 37.1 Å². The van der Waals surface area contributed by atoms with E-state index in [1.807, 2.05) is 10.9 Å². The molecule has 1 rings (SSSR count). The van der Waals surface area contributed by atoms with Crippen LogP contribution in [0.4, 0.5) is 0 Å². The number of nitrogens with zero attached hydrogens (tertiary/aromatic N) is 2. The molecule has 0 spiro atoms. The van der Waals surface area contributed by atoms with Gasteiger partial charge in [-0.05, 0) is 25.8 Å². The Kier molecular flexibility index (Phi) is 5.79. The summed E-state index contributed by atoms with van der Waals surface area (Å²) in [5, 5.41) is 7.83. The van der Waals surface area contributed by atoms with E-state index in [9.17, 15) is 0 Å². The number of aromatic nitrogens is 2. The molecule has 0 atom stereocenters. The molecule has 0 aromatic carbocycles. The Balaban J connectivity index is 2.44. The highest BCUT2D eigenvalue weighted by Gasteiger charge is 2.05. The molecule has 0 saturated carbocycles. The SMILES string of the molecule is C#CCCCn1ncc(CNCC(C)C)c1C. The highest BCUT2D eigenvalue weighted by Crippen LogP contribution is 2.08. The summed E-state index contributed by atoms with van der Waals surface area (Å²) >= 11 is 0. The molecule has 0 radical (unpaired) electrons. The Morgan fingerprint density at radius 2 is 2.29 bits per heavy atom. The number of nitrogens with one attached hydrogen (secondary N) is 1. The maximum Gasteiger partial charge on any atom is 0.0537 e. The van der Waals surface area contributed by atoms with E-state index in [1.54, 1.807) is 0 Å². The van der Waals surface area contributed by atoms with Crippen LogP contribution in [0.2, 0.25) is 0 Å². The predicted molar refractivity (Wildman–Crippen MR) is 71.6 cm³/mol. The molecule has 1 aromatic rings. The lowest BCUT2D eigenvalue weighted by molar-refractivity contribution is 0.547. The highest BCUT2D eigenvalue weighted by molar-refractivity contribution is 5.15. The van der Waals surface area contributed by atoms with Crippen molar-refractivity contribution >= 4 is 0 Å². The second-order valence-electron chi connectivity index (χ2n) is 4.81. The van der Waals surface area contributed by atoms with Crippen molar-refractivity contribution in [2.24, 2.45) is 5.92 Å². The van der Waals surface area contributed by atoms with E-state index in [0.29, 0.717) is 5.92 Å². The van der Waals surface area contributed by atoms with Gasteiger partial charge in [0.2, 0.25) is 0 Å². The first-order valence-electron chi connectivity index (χ1n) is 6.30. The zero-order valence-corrected chi connectivity index (χ0v) is 11.2. The van der Waals surface area contributed by atoms with Crippen molar-refractivity contribution < 1.29 is 0 Å². The molecule has 0 aliphatic carbocycles. The van der Waals surface area contributed by atoms with Gasteiger partial charge in [0.25, 0.3) is 0 Å². The third-order valence-corrected chi connectivity index (χ3v) is 2.76. The first-order chi connectivity index (χ1) is 8.15. The van der Waals surface area contributed by atoms with Crippen LogP contribution in [-0.4, -0.2) is 16.3 Å². The Labute approximate surface area is 105 Å². The fraction of sp³-hybridized carbons (Fsp3) is 0.643. The third-order valence-electron chi connectivity index (χ3n) is 2.76. The van der Waals surface area contributed by atoms with Gasteiger partial charge in [-0.1, -0.05) is 13.8 Å². The van der Waals surface area contributed by atoms with E-state index in [4.69, 9.17) is 6.42 Å². The largest absolute Gasteiger partial charge is 0.312 e. The zero-order valence-electron chi connectivity index (χ0n) is 11.2. The number of unbranched alkanes of at least 4 members (excludes halogenated alkanes) is 1. The molecule has 1 heterocycles. The van der Waals surface area contributed by atoms with Gasteiger partial charge >= 0.3 is 0 Å². The molecular formula is C14H23N3. The first-order valence-corrected chi connectivity index (χ1v) is 6.30. The van der Waals surface area contributed by atoms with Crippen molar-refractivity contribution in [3.8, 4) is 12.3 Å². The van der Waals surface area contributed by atoms with Gasteiger partial charge in [-0.3, -0.25) is 4.68 Å². The van der Waals surface area contributed by atoms with Gasteiger partial charge < -0.3 is 5.32 Å². The predicted octanol–water partition coefficient (Wildman–Crippen LogP) is 2.35. The van der Waals surface area contributed by atoms with Crippen molar-refractivity contribution in [1.82, 2.24) is 15.1 Å². The van der Waals surface area contributed by atoms with Gasteiger partial charge in [0.1, 0.15) is 0 Å². The average molecular weight is 233 g/mol. The van der Waals surface area contributed by atoms with Crippen molar-refractivity contribution in [1.29, 1.82) is 0 Å². The molecule has 0 aliphatic heterocycles.